The van der Waals surface area contributed by atoms with Crippen molar-refractivity contribution in [1.82, 2.24) is 15.1 Å². The first-order valence-electron chi connectivity index (χ1n) is 8.49. The summed E-state index contributed by atoms with van der Waals surface area (Å²) in [4.78, 5) is 29.4. The van der Waals surface area contributed by atoms with Gasteiger partial charge >= 0.3 is 6.03 Å². The maximum Gasteiger partial charge on any atom is 0.318 e. The third-order valence-electron chi connectivity index (χ3n) is 5.01. The smallest absolute Gasteiger partial charge is 0.318 e. The second kappa shape index (κ2) is 6.91. The van der Waals surface area contributed by atoms with Gasteiger partial charge in [-0.15, -0.1) is 11.3 Å². The van der Waals surface area contributed by atoms with Crippen molar-refractivity contribution in [3.8, 4) is 0 Å². The third-order valence-corrected chi connectivity index (χ3v) is 6.01. The highest BCUT2D eigenvalue weighted by atomic mass is 32.1. The van der Waals surface area contributed by atoms with Crippen LogP contribution >= 0.6 is 11.3 Å². The average molecular weight is 335 g/mol. The van der Waals surface area contributed by atoms with E-state index in [0.717, 1.165) is 45.3 Å². The summed E-state index contributed by atoms with van der Waals surface area (Å²) in [5.74, 6) is 0.127. The number of likely N-dealkylation sites (tertiary alicyclic amines) is 1. The number of amides is 3. The molecule has 3 amide bonds. The van der Waals surface area contributed by atoms with Gasteiger partial charge in [0.05, 0.1) is 6.04 Å². The fraction of sp³-hybridized carbons (Fsp3) is 0.647. The summed E-state index contributed by atoms with van der Waals surface area (Å²) in [7, 11) is 0. The molecule has 1 aromatic heterocycles. The predicted molar refractivity (Wildman–Crippen MR) is 91.6 cm³/mol. The molecule has 23 heavy (non-hydrogen) atoms. The van der Waals surface area contributed by atoms with Gasteiger partial charge in [-0.25, -0.2) is 4.79 Å². The molecule has 126 valence electrons. The number of urea groups is 1. The van der Waals surface area contributed by atoms with E-state index >= 15 is 0 Å². The second-order valence-corrected chi connectivity index (χ2v) is 7.40. The van der Waals surface area contributed by atoms with Crippen molar-refractivity contribution in [2.24, 2.45) is 0 Å². The van der Waals surface area contributed by atoms with Crippen LogP contribution in [0.25, 0.3) is 0 Å². The van der Waals surface area contributed by atoms with E-state index in [9.17, 15) is 9.59 Å². The van der Waals surface area contributed by atoms with Crippen LogP contribution in [0.15, 0.2) is 11.4 Å². The summed E-state index contributed by atoms with van der Waals surface area (Å²) in [6.45, 7) is 6.03. The van der Waals surface area contributed by atoms with Crippen molar-refractivity contribution < 1.29 is 9.59 Å². The SMILES string of the molecule is CC[C@@H]1c2ccsc2CCN1C(=O)NC1CCN(C(C)=O)CC1. The Morgan fingerprint density at radius 2 is 2.04 bits per heavy atom. The van der Waals surface area contributed by atoms with E-state index in [2.05, 4.69) is 23.7 Å². The standard InChI is InChI=1S/C17H25N3O2S/c1-3-15-14-7-11-23-16(14)6-10-20(15)17(22)18-13-4-8-19(9-5-13)12(2)21/h7,11,13,15H,3-6,8-10H2,1-2H3,(H,18,22)/t15-/m1/s1. The maximum atomic E-state index is 12.7. The van der Waals surface area contributed by atoms with Crippen LogP contribution < -0.4 is 5.32 Å². The summed E-state index contributed by atoms with van der Waals surface area (Å²) in [6, 6.07) is 2.59. The van der Waals surface area contributed by atoms with Crippen LogP contribution in [0.4, 0.5) is 4.79 Å². The van der Waals surface area contributed by atoms with Crippen LogP contribution in [0.5, 0.6) is 0 Å². The highest BCUT2D eigenvalue weighted by molar-refractivity contribution is 7.10. The Hall–Kier alpha value is -1.56. The predicted octanol–water partition coefficient (Wildman–Crippen LogP) is 2.78. The average Bonchev–Trinajstić information content (AvgIpc) is 3.02. The fourth-order valence-corrected chi connectivity index (χ4v) is 4.60. The lowest BCUT2D eigenvalue weighted by Crippen LogP contribution is -2.51. The molecule has 1 N–H and O–H groups in total. The number of carbonyl (C=O) groups excluding carboxylic acids is 2. The molecule has 3 heterocycles. The Morgan fingerprint density at radius 1 is 1.30 bits per heavy atom. The van der Waals surface area contributed by atoms with Gasteiger partial charge in [0.2, 0.25) is 5.91 Å². The Balaban J connectivity index is 1.60. The molecule has 0 spiro atoms. The molecule has 6 heteroatoms. The van der Waals surface area contributed by atoms with Crippen LogP contribution in [-0.2, 0) is 11.2 Å². The summed E-state index contributed by atoms with van der Waals surface area (Å²) >= 11 is 1.80. The summed E-state index contributed by atoms with van der Waals surface area (Å²) < 4.78 is 0. The molecule has 1 atom stereocenters. The maximum absolute atomic E-state index is 12.7. The molecule has 2 aliphatic rings. The van der Waals surface area contributed by atoms with Crippen molar-refractivity contribution in [2.75, 3.05) is 19.6 Å². The van der Waals surface area contributed by atoms with E-state index in [4.69, 9.17) is 0 Å². The summed E-state index contributed by atoms with van der Waals surface area (Å²) in [5, 5.41) is 5.32. The molecule has 0 aliphatic carbocycles. The monoisotopic (exact) mass is 335 g/mol. The van der Waals surface area contributed by atoms with Crippen LogP contribution in [0.2, 0.25) is 0 Å². The molecule has 3 rings (SSSR count). The minimum Gasteiger partial charge on any atom is -0.343 e. The summed E-state index contributed by atoms with van der Waals surface area (Å²) in [6.07, 6.45) is 3.60. The zero-order chi connectivity index (χ0) is 16.4. The number of nitrogens with zero attached hydrogens (tertiary/aromatic N) is 2. The molecule has 1 fully saturated rings. The van der Waals surface area contributed by atoms with E-state index in [-0.39, 0.29) is 24.0 Å². The van der Waals surface area contributed by atoms with E-state index < -0.39 is 0 Å². The fourth-order valence-electron chi connectivity index (χ4n) is 3.68. The van der Waals surface area contributed by atoms with Gasteiger partial charge < -0.3 is 15.1 Å². The number of fused-ring (bicyclic) bond motifs is 1. The van der Waals surface area contributed by atoms with Gasteiger partial charge in [0.15, 0.2) is 0 Å². The molecule has 1 aromatic rings. The minimum absolute atomic E-state index is 0.0509. The van der Waals surface area contributed by atoms with Gasteiger partial charge in [0.1, 0.15) is 0 Å². The molecule has 0 saturated carbocycles. The number of rotatable bonds is 2. The molecular formula is C17H25N3O2S. The Kier molecular flexibility index (Phi) is 4.90. The van der Waals surface area contributed by atoms with E-state index in [1.807, 2.05) is 9.80 Å². The zero-order valence-corrected chi connectivity index (χ0v) is 14.7. The van der Waals surface area contributed by atoms with Gasteiger partial charge in [0.25, 0.3) is 0 Å². The molecular weight excluding hydrogens is 310 g/mol. The van der Waals surface area contributed by atoms with Gasteiger partial charge in [0, 0.05) is 37.5 Å². The number of hydrogen-bond donors (Lipinski definition) is 1. The molecule has 0 aromatic carbocycles. The first-order chi connectivity index (χ1) is 11.1. The third kappa shape index (κ3) is 3.37. The van der Waals surface area contributed by atoms with Gasteiger partial charge in [-0.05, 0) is 42.7 Å². The largest absolute Gasteiger partial charge is 0.343 e. The van der Waals surface area contributed by atoms with Crippen LogP contribution in [0, 0.1) is 0 Å². The van der Waals surface area contributed by atoms with Crippen molar-refractivity contribution in [1.29, 1.82) is 0 Å². The molecule has 0 unspecified atom stereocenters. The second-order valence-electron chi connectivity index (χ2n) is 6.40. The molecule has 0 radical (unpaired) electrons. The Bertz CT molecular complexity index is 578. The number of thiophene rings is 1. The topological polar surface area (TPSA) is 52.7 Å². The van der Waals surface area contributed by atoms with Crippen molar-refractivity contribution in [2.45, 2.75) is 51.6 Å². The van der Waals surface area contributed by atoms with Crippen LogP contribution in [-0.4, -0.2) is 47.4 Å². The van der Waals surface area contributed by atoms with Gasteiger partial charge in [-0.3, -0.25) is 4.79 Å². The Labute approximate surface area is 141 Å². The quantitative estimate of drug-likeness (QED) is 0.903. The van der Waals surface area contributed by atoms with Crippen molar-refractivity contribution in [3.05, 3.63) is 21.9 Å². The number of carbonyl (C=O) groups is 2. The normalized spacial score (nSPS) is 21.9. The molecule has 5 nitrogen and oxygen atoms in total. The van der Waals surface area contributed by atoms with Crippen LogP contribution in [0.3, 0.4) is 0 Å². The minimum atomic E-state index is 0.0509. The van der Waals surface area contributed by atoms with Crippen molar-refractivity contribution >= 4 is 23.3 Å². The lowest BCUT2D eigenvalue weighted by Gasteiger charge is -2.38. The number of piperidine rings is 1. The number of nitrogens with one attached hydrogen (secondary N) is 1. The highest BCUT2D eigenvalue weighted by Crippen LogP contribution is 2.35. The van der Waals surface area contributed by atoms with Crippen LogP contribution in [0.1, 0.15) is 49.6 Å². The van der Waals surface area contributed by atoms with Gasteiger partial charge in [-0.1, -0.05) is 6.92 Å². The Morgan fingerprint density at radius 3 is 2.70 bits per heavy atom. The van der Waals surface area contributed by atoms with Gasteiger partial charge in [-0.2, -0.15) is 0 Å². The lowest BCUT2D eigenvalue weighted by molar-refractivity contribution is -0.129. The van der Waals surface area contributed by atoms with E-state index in [1.54, 1.807) is 18.3 Å². The molecule has 0 bridgehead atoms. The zero-order valence-electron chi connectivity index (χ0n) is 13.9. The van der Waals surface area contributed by atoms with E-state index in [1.165, 1.54) is 10.4 Å². The first kappa shape index (κ1) is 16.3. The van der Waals surface area contributed by atoms with Crippen molar-refractivity contribution in [3.63, 3.8) is 0 Å². The molecule has 1 saturated heterocycles. The number of hydrogen-bond acceptors (Lipinski definition) is 3. The first-order valence-corrected chi connectivity index (χ1v) is 9.37. The molecule has 2 aliphatic heterocycles. The lowest BCUT2D eigenvalue weighted by atomic mass is 9.98. The van der Waals surface area contributed by atoms with E-state index in [0.29, 0.717) is 0 Å². The highest BCUT2D eigenvalue weighted by Gasteiger charge is 2.32. The summed E-state index contributed by atoms with van der Waals surface area (Å²) in [5.41, 5.74) is 1.32.